The van der Waals surface area contributed by atoms with Crippen LogP contribution in [0.2, 0.25) is 0 Å². The van der Waals surface area contributed by atoms with Gasteiger partial charge in [-0.1, -0.05) is 30.3 Å². The Morgan fingerprint density at radius 2 is 1.96 bits per heavy atom. The number of nitrogens with one attached hydrogen (secondary N) is 3. The Morgan fingerprint density at radius 1 is 1.12 bits per heavy atom. The number of hydrogen-bond donors (Lipinski definition) is 3. The maximum atomic E-state index is 12.1. The number of aromatic amines is 1. The van der Waals surface area contributed by atoms with Gasteiger partial charge in [-0.05, 0) is 5.56 Å². The number of imidazole rings is 1. The van der Waals surface area contributed by atoms with Crippen molar-refractivity contribution in [2.24, 2.45) is 0 Å². The predicted molar refractivity (Wildman–Crippen MR) is 94.4 cm³/mol. The fraction of sp³-hybridized carbons (Fsp3) is 0.176. The Bertz CT molecular complexity index is 830. The fourth-order valence-electron chi connectivity index (χ4n) is 2.15. The summed E-state index contributed by atoms with van der Waals surface area (Å²) in [5, 5.41) is 8.12. The van der Waals surface area contributed by atoms with Gasteiger partial charge in [-0.3, -0.25) is 9.59 Å². The zero-order valence-corrected chi connectivity index (χ0v) is 14.2. The molecule has 0 aliphatic rings. The number of amides is 2. The largest absolute Gasteiger partial charge is 0.349 e. The van der Waals surface area contributed by atoms with Crippen LogP contribution in [0.25, 0.3) is 0 Å². The summed E-state index contributed by atoms with van der Waals surface area (Å²) in [6, 6.07) is 9.70. The molecule has 0 aliphatic carbocycles. The van der Waals surface area contributed by atoms with E-state index in [0.717, 1.165) is 10.6 Å². The second-order valence-electron chi connectivity index (χ2n) is 5.24. The average molecular weight is 355 g/mol. The van der Waals surface area contributed by atoms with E-state index in [2.05, 4.69) is 25.6 Å². The topological polar surface area (TPSA) is 99.8 Å². The zero-order valence-electron chi connectivity index (χ0n) is 13.4. The van der Waals surface area contributed by atoms with Gasteiger partial charge in [-0.2, -0.15) is 0 Å². The van der Waals surface area contributed by atoms with E-state index in [1.807, 2.05) is 30.3 Å². The highest BCUT2D eigenvalue weighted by molar-refractivity contribution is 7.09. The first-order valence-electron chi connectivity index (χ1n) is 7.76. The number of rotatable bonds is 7. The van der Waals surface area contributed by atoms with Crippen LogP contribution in [0.1, 0.15) is 31.7 Å². The summed E-state index contributed by atoms with van der Waals surface area (Å²) in [6.07, 6.45) is 3.68. The van der Waals surface area contributed by atoms with Crippen LogP contribution in [0, 0.1) is 0 Å². The summed E-state index contributed by atoms with van der Waals surface area (Å²) in [5.74, 6) is -0.187. The van der Waals surface area contributed by atoms with Crippen molar-refractivity contribution in [3.8, 4) is 0 Å². The summed E-state index contributed by atoms with van der Waals surface area (Å²) >= 11 is 1.40. The molecule has 2 heterocycles. The van der Waals surface area contributed by atoms with Gasteiger partial charge in [0.05, 0.1) is 5.01 Å². The molecule has 3 aromatic rings. The molecule has 0 saturated heterocycles. The molecule has 1 aromatic carbocycles. The first-order valence-corrected chi connectivity index (χ1v) is 8.64. The van der Waals surface area contributed by atoms with Gasteiger partial charge in [0, 0.05) is 37.3 Å². The molecular weight excluding hydrogens is 338 g/mol. The number of carbonyl (C=O) groups is 2. The Balaban J connectivity index is 1.45. The van der Waals surface area contributed by atoms with E-state index in [1.54, 1.807) is 11.6 Å². The number of H-pyrrole nitrogens is 1. The fourth-order valence-corrected chi connectivity index (χ4v) is 2.93. The Labute approximate surface area is 148 Å². The highest BCUT2D eigenvalue weighted by atomic mass is 32.1. The molecule has 0 spiro atoms. The van der Waals surface area contributed by atoms with Gasteiger partial charge in [-0.25, -0.2) is 9.97 Å². The quantitative estimate of drug-likeness (QED) is 0.601. The lowest BCUT2D eigenvalue weighted by Gasteiger charge is -2.03. The van der Waals surface area contributed by atoms with Crippen molar-refractivity contribution < 1.29 is 9.59 Å². The molecule has 0 saturated carbocycles. The van der Waals surface area contributed by atoms with Crippen LogP contribution in [-0.2, 0) is 13.0 Å². The molecule has 3 N–H and O–H groups in total. The van der Waals surface area contributed by atoms with Gasteiger partial charge in [-0.15, -0.1) is 11.3 Å². The van der Waals surface area contributed by atoms with Crippen molar-refractivity contribution in [1.29, 1.82) is 0 Å². The summed E-state index contributed by atoms with van der Waals surface area (Å²) in [6.45, 7) is 0.893. The van der Waals surface area contributed by atoms with Gasteiger partial charge in [0.2, 0.25) is 0 Å². The lowest BCUT2D eigenvalue weighted by molar-refractivity contribution is 0.0936. The number of hydrogen-bond acceptors (Lipinski definition) is 5. The molecule has 0 atom stereocenters. The standard InChI is InChI=1S/C17H17N5O2S/c23-16(21-10-12-4-2-1-3-5-12)13-11-25-14(22-13)6-7-20-17(24)15-18-8-9-19-15/h1-5,8-9,11H,6-7,10H2,(H,18,19)(H,20,24)(H,21,23). The summed E-state index contributed by atoms with van der Waals surface area (Å²) in [7, 11) is 0. The van der Waals surface area contributed by atoms with E-state index >= 15 is 0 Å². The third-order valence-corrected chi connectivity index (χ3v) is 4.33. The molecular formula is C17H17N5O2S. The molecule has 0 unspecified atom stereocenters. The van der Waals surface area contributed by atoms with E-state index in [-0.39, 0.29) is 17.6 Å². The van der Waals surface area contributed by atoms with Crippen molar-refractivity contribution >= 4 is 23.2 Å². The van der Waals surface area contributed by atoms with Gasteiger partial charge >= 0.3 is 0 Å². The highest BCUT2D eigenvalue weighted by Crippen LogP contribution is 2.10. The maximum Gasteiger partial charge on any atom is 0.287 e. The Morgan fingerprint density at radius 3 is 2.72 bits per heavy atom. The monoisotopic (exact) mass is 355 g/mol. The molecule has 0 aliphatic heterocycles. The predicted octanol–water partition coefficient (Wildman–Crippen LogP) is 1.77. The Hall–Kier alpha value is -3.00. The maximum absolute atomic E-state index is 12.1. The van der Waals surface area contributed by atoms with Gasteiger partial charge in [0.15, 0.2) is 5.82 Å². The van der Waals surface area contributed by atoms with Crippen LogP contribution in [0.15, 0.2) is 48.1 Å². The summed E-state index contributed by atoms with van der Waals surface area (Å²) < 4.78 is 0. The summed E-state index contributed by atoms with van der Waals surface area (Å²) in [5.41, 5.74) is 1.43. The van der Waals surface area contributed by atoms with Crippen molar-refractivity contribution in [3.63, 3.8) is 0 Å². The van der Waals surface area contributed by atoms with Gasteiger partial charge < -0.3 is 15.6 Å². The van der Waals surface area contributed by atoms with Crippen LogP contribution in [-0.4, -0.2) is 33.3 Å². The molecule has 8 heteroatoms. The SMILES string of the molecule is O=C(NCc1ccccc1)c1csc(CCNC(=O)c2ncc[nH]2)n1. The highest BCUT2D eigenvalue weighted by Gasteiger charge is 2.11. The molecule has 3 rings (SSSR count). The summed E-state index contributed by atoms with van der Waals surface area (Å²) in [4.78, 5) is 34.8. The second kappa shape index (κ2) is 8.20. The number of aromatic nitrogens is 3. The first-order chi connectivity index (χ1) is 12.2. The van der Waals surface area contributed by atoms with E-state index in [4.69, 9.17) is 0 Å². The minimum absolute atomic E-state index is 0.203. The smallest absolute Gasteiger partial charge is 0.287 e. The van der Waals surface area contributed by atoms with E-state index in [0.29, 0.717) is 25.2 Å². The third kappa shape index (κ3) is 4.74. The minimum Gasteiger partial charge on any atom is -0.349 e. The molecule has 0 bridgehead atoms. The third-order valence-electron chi connectivity index (χ3n) is 3.42. The molecule has 2 aromatic heterocycles. The van der Waals surface area contributed by atoms with Crippen LogP contribution in [0.5, 0.6) is 0 Å². The van der Waals surface area contributed by atoms with Crippen molar-refractivity contribution in [3.05, 3.63) is 70.2 Å². The number of nitrogens with zero attached hydrogens (tertiary/aromatic N) is 2. The van der Waals surface area contributed by atoms with E-state index in [1.165, 1.54) is 17.5 Å². The van der Waals surface area contributed by atoms with Gasteiger partial charge in [0.25, 0.3) is 11.8 Å². The molecule has 0 radical (unpaired) electrons. The van der Waals surface area contributed by atoms with E-state index < -0.39 is 0 Å². The van der Waals surface area contributed by atoms with Crippen LogP contribution >= 0.6 is 11.3 Å². The van der Waals surface area contributed by atoms with Crippen molar-refractivity contribution in [2.75, 3.05) is 6.54 Å². The number of thiazole rings is 1. The number of benzene rings is 1. The number of carbonyl (C=O) groups excluding carboxylic acids is 2. The molecule has 7 nitrogen and oxygen atoms in total. The minimum atomic E-state index is -0.262. The van der Waals surface area contributed by atoms with Crippen molar-refractivity contribution in [2.45, 2.75) is 13.0 Å². The molecule has 2 amide bonds. The van der Waals surface area contributed by atoms with Crippen LogP contribution < -0.4 is 10.6 Å². The molecule has 128 valence electrons. The molecule has 25 heavy (non-hydrogen) atoms. The zero-order chi connectivity index (χ0) is 17.5. The molecule has 0 fully saturated rings. The second-order valence-corrected chi connectivity index (χ2v) is 6.18. The first kappa shape index (κ1) is 16.8. The van der Waals surface area contributed by atoms with Gasteiger partial charge in [0.1, 0.15) is 5.69 Å². The van der Waals surface area contributed by atoms with E-state index in [9.17, 15) is 9.59 Å². The lowest BCUT2D eigenvalue weighted by atomic mass is 10.2. The average Bonchev–Trinajstić information content (AvgIpc) is 3.32. The Kier molecular flexibility index (Phi) is 5.53. The van der Waals surface area contributed by atoms with Crippen LogP contribution in [0.3, 0.4) is 0 Å². The van der Waals surface area contributed by atoms with Crippen LogP contribution in [0.4, 0.5) is 0 Å². The lowest BCUT2D eigenvalue weighted by Crippen LogP contribution is -2.26. The normalized spacial score (nSPS) is 10.4. The van der Waals surface area contributed by atoms with Crippen molar-refractivity contribution in [1.82, 2.24) is 25.6 Å².